The van der Waals surface area contributed by atoms with E-state index < -0.39 is 5.97 Å². The van der Waals surface area contributed by atoms with Crippen LogP contribution in [0.15, 0.2) is 35.1 Å². The molecule has 3 heterocycles. The molecular formula is C25H30ClN5O4. The molecule has 1 aliphatic heterocycles. The Bertz CT molecular complexity index is 1270. The van der Waals surface area contributed by atoms with Gasteiger partial charge in [0.15, 0.2) is 17.8 Å². The number of rotatable bonds is 8. The van der Waals surface area contributed by atoms with Crippen molar-refractivity contribution in [1.82, 2.24) is 19.1 Å². The molecule has 1 saturated heterocycles. The van der Waals surface area contributed by atoms with Crippen LogP contribution >= 0.6 is 12.4 Å². The molecule has 0 atom stereocenters. The number of methoxy groups -OCH3 is 1. The van der Waals surface area contributed by atoms with Gasteiger partial charge in [0.25, 0.3) is 5.56 Å². The van der Waals surface area contributed by atoms with Gasteiger partial charge in [-0.2, -0.15) is 9.97 Å². The van der Waals surface area contributed by atoms with E-state index in [4.69, 9.17) is 9.72 Å². The highest BCUT2D eigenvalue weighted by atomic mass is 35.5. The van der Waals surface area contributed by atoms with Crippen LogP contribution in [0.25, 0.3) is 11.2 Å². The zero-order chi connectivity index (χ0) is 23.9. The van der Waals surface area contributed by atoms with E-state index in [2.05, 4.69) is 26.5 Å². The minimum Gasteiger partial charge on any atom is -0.466 e. The van der Waals surface area contributed by atoms with Crippen LogP contribution in [0.3, 0.4) is 0 Å². The second-order valence-electron chi connectivity index (χ2n) is 8.10. The van der Waals surface area contributed by atoms with Crippen LogP contribution in [0.2, 0.25) is 0 Å². The summed E-state index contributed by atoms with van der Waals surface area (Å²) in [6.07, 6.45) is 3.93. The molecule has 0 spiro atoms. The summed E-state index contributed by atoms with van der Waals surface area (Å²) in [7, 11) is 1.28. The van der Waals surface area contributed by atoms with E-state index in [1.165, 1.54) is 18.1 Å². The van der Waals surface area contributed by atoms with E-state index in [1.807, 2.05) is 34.9 Å². The molecule has 10 heteroatoms. The minimum atomic E-state index is -0.554. The summed E-state index contributed by atoms with van der Waals surface area (Å²) in [5.74, 6) is 6.12. The molecule has 0 amide bonds. The molecule has 9 nitrogen and oxygen atoms in total. The van der Waals surface area contributed by atoms with Gasteiger partial charge in [0.2, 0.25) is 5.95 Å². The molecule has 186 valence electrons. The Labute approximate surface area is 210 Å². The highest BCUT2D eigenvalue weighted by Gasteiger charge is 2.24. The van der Waals surface area contributed by atoms with Crippen LogP contribution in [0, 0.1) is 11.8 Å². The van der Waals surface area contributed by atoms with E-state index in [0.29, 0.717) is 36.6 Å². The number of imidazole rings is 1. The van der Waals surface area contributed by atoms with Crippen molar-refractivity contribution >= 4 is 35.5 Å². The number of fused-ring (bicyclic) bond motifs is 1. The molecule has 0 N–H and O–H groups in total. The SMILES string of the molecule is CC#CCn1c(N2CCCCC2)nc2nc(OCC(=O)OC)n(CCc3ccccc3)c(=O)c21.Cl. The van der Waals surface area contributed by atoms with Gasteiger partial charge in [0, 0.05) is 19.6 Å². The molecule has 4 rings (SSSR count). The third-order valence-corrected chi connectivity index (χ3v) is 5.88. The lowest BCUT2D eigenvalue weighted by molar-refractivity contribution is -0.143. The predicted molar refractivity (Wildman–Crippen MR) is 136 cm³/mol. The van der Waals surface area contributed by atoms with Crippen molar-refractivity contribution in [3.05, 3.63) is 46.2 Å². The van der Waals surface area contributed by atoms with Crippen molar-refractivity contribution in [1.29, 1.82) is 0 Å². The van der Waals surface area contributed by atoms with E-state index in [-0.39, 0.29) is 30.6 Å². The second kappa shape index (κ2) is 12.3. The van der Waals surface area contributed by atoms with E-state index in [1.54, 1.807) is 6.92 Å². The number of carbonyl (C=O) groups is 1. The number of hydrogen-bond acceptors (Lipinski definition) is 7. The van der Waals surface area contributed by atoms with Gasteiger partial charge in [0.05, 0.1) is 13.7 Å². The molecule has 0 radical (unpaired) electrons. The Morgan fingerprint density at radius 2 is 1.83 bits per heavy atom. The number of anilines is 1. The summed E-state index contributed by atoms with van der Waals surface area (Å²) < 4.78 is 13.6. The zero-order valence-electron chi connectivity index (χ0n) is 20.0. The van der Waals surface area contributed by atoms with Gasteiger partial charge in [-0.1, -0.05) is 36.3 Å². The molecule has 1 aliphatic rings. The molecule has 1 fully saturated rings. The first-order chi connectivity index (χ1) is 16.6. The fourth-order valence-electron chi connectivity index (χ4n) is 4.10. The Morgan fingerprint density at radius 3 is 2.51 bits per heavy atom. The van der Waals surface area contributed by atoms with Crippen LogP contribution in [-0.4, -0.2) is 51.9 Å². The van der Waals surface area contributed by atoms with E-state index in [9.17, 15) is 9.59 Å². The summed E-state index contributed by atoms with van der Waals surface area (Å²) in [4.78, 5) is 36.9. The number of aromatic nitrogens is 4. The first kappa shape index (κ1) is 26.1. The van der Waals surface area contributed by atoms with Gasteiger partial charge in [-0.3, -0.25) is 13.9 Å². The number of carbonyl (C=O) groups excluding carboxylic acids is 1. The second-order valence-corrected chi connectivity index (χ2v) is 8.10. The number of nitrogens with zero attached hydrogens (tertiary/aromatic N) is 5. The van der Waals surface area contributed by atoms with Gasteiger partial charge in [-0.05, 0) is 38.2 Å². The van der Waals surface area contributed by atoms with Gasteiger partial charge < -0.3 is 14.4 Å². The Balaban J connectivity index is 0.00000342. The number of esters is 1. The summed E-state index contributed by atoms with van der Waals surface area (Å²) in [5, 5.41) is 0. The molecule has 0 unspecified atom stereocenters. The van der Waals surface area contributed by atoms with Crippen molar-refractivity contribution in [2.45, 2.75) is 45.7 Å². The molecular weight excluding hydrogens is 470 g/mol. The van der Waals surface area contributed by atoms with Crippen LogP contribution in [0.1, 0.15) is 31.7 Å². The lowest BCUT2D eigenvalue weighted by atomic mass is 10.1. The number of piperidine rings is 1. The topological polar surface area (TPSA) is 91.5 Å². The largest absolute Gasteiger partial charge is 0.466 e. The number of aryl methyl sites for hydroxylation is 1. The first-order valence-corrected chi connectivity index (χ1v) is 11.5. The highest BCUT2D eigenvalue weighted by Crippen LogP contribution is 2.24. The normalized spacial score (nSPS) is 13.0. The molecule has 2 aromatic heterocycles. The quantitative estimate of drug-likeness (QED) is 0.347. The highest BCUT2D eigenvalue weighted by molar-refractivity contribution is 5.85. The minimum absolute atomic E-state index is 0. The number of halogens is 1. The monoisotopic (exact) mass is 499 g/mol. The number of ether oxygens (including phenoxy) is 2. The summed E-state index contributed by atoms with van der Waals surface area (Å²) in [5.41, 5.74) is 1.49. The fraction of sp³-hybridized carbons (Fsp3) is 0.440. The number of hydrogen-bond donors (Lipinski definition) is 0. The summed E-state index contributed by atoms with van der Waals surface area (Å²) in [6, 6.07) is 9.91. The Kier molecular flexibility index (Phi) is 9.15. The Hall–Kier alpha value is -3.51. The summed E-state index contributed by atoms with van der Waals surface area (Å²) in [6.45, 7) is 3.85. The van der Waals surface area contributed by atoms with Crippen LogP contribution in [-0.2, 0) is 29.0 Å². The van der Waals surface area contributed by atoms with Crippen LogP contribution < -0.4 is 15.2 Å². The van der Waals surface area contributed by atoms with Gasteiger partial charge in [-0.25, -0.2) is 4.79 Å². The molecule has 3 aromatic rings. The van der Waals surface area contributed by atoms with Gasteiger partial charge in [0.1, 0.15) is 0 Å². The van der Waals surface area contributed by atoms with Crippen molar-refractivity contribution in [3.63, 3.8) is 0 Å². The van der Waals surface area contributed by atoms with Crippen molar-refractivity contribution < 1.29 is 14.3 Å². The van der Waals surface area contributed by atoms with Crippen molar-refractivity contribution in [3.8, 4) is 17.9 Å². The molecule has 1 aromatic carbocycles. The van der Waals surface area contributed by atoms with Crippen LogP contribution in [0.5, 0.6) is 6.01 Å². The first-order valence-electron chi connectivity index (χ1n) is 11.5. The average molecular weight is 500 g/mol. The molecule has 0 bridgehead atoms. The molecule has 0 saturated carbocycles. The van der Waals surface area contributed by atoms with Crippen molar-refractivity contribution in [2.24, 2.45) is 0 Å². The summed E-state index contributed by atoms with van der Waals surface area (Å²) >= 11 is 0. The van der Waals surface area contributed by atoms with Crippen LogP contribution in [0.4, 0.5) is 5.95 Å². The lowest BCUT2D eigenvalue weighted by Crippen LogP contribution is -2.32. The maximum absolute atomic E-state index is 13.8. The number of benzene rings is 1. The van der Waals surface area contributed by atoms with Gasteiger partial charge in [-0.15, -0.1) is 18.3 Å². The standard InChI is InChI=1S/C25H29N5O4.ClH/c1-3-4-16-29-21-22(26-24(29)28-14-9-6-10-15-28)27-25(34-18-20(31)33-2)30(23(21)32)17-13-19-11-7-5-8-12-19;/h5,7-8,11-12H,6,9-10,13-18H2,1-2H3;1H. The fourth-order valence-corrected chi connectivity index (χ4v) is 4.10. The van der Waals surface area contributed by atoms with E-state index in [0.717, 1.165) is 31.5 Å². The molecule has 35 heavy (non-hydrogen) atoms. The predicted octanol–water partition coefficient (Wildman–Crippen LogP) is 2.82. The maximum atomic E-state index is 13.8. The van der Waals surface area contributed by atoms with Gasteiger partial charge >= 0.3 is 12.0 Å². The Morgan fingerprint density at radius 1 is 1.09 bits per heavy atom. The molecule has 0 aliphatic carbocycles. The van der Waals surface area contributed by atoms with E-state index >= 15 is 0 Å². The third kappa shape index (κ3) is 5.95. The lowest BCUT2D eigenvalue weighted by Gasteiger charge is -2.27. The smallest absolute Gasteiger partial charge is 0.344 e. The third-order valence-electron chi connectivity index (χ3n) is 5.88. The maximum Gasteiger partial charge on any atom is 0.344 e. The average Bonchev–Trinajstić information content (AvgIpc) is 3.25. The zero-order valence-corrected chi connectivity index (χ0v) is 20.8. The van der Waals surface area contributed by atoms with Crippen molar-refractivity contribution in [2.75, 3.05) is 31.7 Å².